The number of hydrogen-bond acceptors (Lipinski definition) is 5. The van der Waals surface area contributed by atoms with Crippen LogP contribution in [-0.2, 0) is 11.3 Å². The third-order valence-electron chi connectivity index (χ3n) is 2.63. The molecular weight excluding hydrogens is 295 g/mol. The summed E-state index contributed by atoms with van der Waals surface area (Å²) >= 11 is 0. The number of carbonyl (C=O) groups is 1. The molecule has 116 valence electrons. The minimum absolute atomic E-state index is 0.131. The Balaban J connectivity index is 1.70. The first-order valence-electron chi connectivity index (χ1n) is 6.36. The molecule has 8 nitrogen and oxygen atoms in total. The smallest absolute Gasteiger partial charge is 0.307 e. The van der Waals surface area contributed by atoms with E-state index < -0.39 is 10.7 Å². The van der Waals surface area contributed by atoms with Crippen LogP contribution in [0.3, 0.4) is 0 Å². The second-order valence-electron chi connectivity index (χ2n) is 4.31. The van der Waals surface area contributed by atoms with Crippen LogP contribution >= 0.6 is 0 Å². The number of amides is 1. The molecule has 0 radical (unpaired) electrons. The number of nitro groups is 1. The molecule has 9 heteroatoms. The molecule has 0 saturated heterocycles. The van der Waals surface area contributed by atoms with Gasteiger partial charge in [0.15, 0.2) is 0 Å². The van der Waals surface area contributed by atoms with E-state index in [-0.39, 0.29) is 31.3 Å². The number of carbonyl (C=O) groups excluding carboxylic acids is 1. The third-order valence-corrected chi connectivity index (χ3v) is 2.63. The van der Waals surface area contributed by atoms with E-state index in [2.05, 4.69) is 10.4 Å². The molecule has 0 aliphatic heterocycles. The highest BCUT2D eigenvalue weighted by Crippen LogP contribution is 2.11. The van der Waals surface area contributed by atoms with Crippen molar-refractivity contribution in [2.24, 2.45) is 0 Å². The number of hydrogen-bond donors (Lipinski definition) is 1. The summed E-state index contributed by atoms with van der Waals surface area (Å²) in [7, 11) is 0. The minimum atomic E-state index is -0.589. The normalized spacial score (nSPS) is 10.2. The average Bonchev–Trinajstić information content (AvgIpc) is 2.92. The summed E-state index contributed by atoms with van der Waals surface area (Å²) in [5.74, 6) is -0.389. The van der Waals surface area contributed by atoms with Gasteiger partial charge in [0, 0.05) is 6.07 Å². The van der Waals surface area contributed by atoms with Gasteiger partial charge in [0.1, 0.15) is 37.1 Å². The van der Waals surface area contributed by atoms with E-state index in [1.807, 2.05) is 0 Å². The lowest BCUT2D eigenvalue weighted by atomic mass is 10.3. The van der Waals surface area contributed by atoms with Gasteiger partial charge in [-0.3, -0.25) is 19.6 Å². The van der Waals surface area contributed by atoms with Crippen LogP contribution in [0.25, 0.3) is 0 Å². The van der Waals surface area contributed by atoms with Gasteiger partial charge < -0.3 is 10.1 Å². The van der Waals surface area contributed by atoms with Crippen molar-refractivity contribution in [3.05, 3.63) is 52.6 Å². The Kier molecular flexibility index (Phi) is 5.02. The van der Waals surface area contributed by atoms with Gasteiger partial charge in [0.2, 0.25) is 5.91 Å². The van der Waals surface area contributed by atoms with Crippen LogP contribution in [0, 0.1) is 15.9 Å². The summed E-state index contributed by atoms with van der Waals surface area (Å²) in [6.07, 6.45) is 2.24. The van der Waals surface area contributed by atoms with Crippen molar-refractivity contribution < 1.29 is 18.8 Å². The molecule has 22 heavy (non-hydrogen) atoms. The summed E-state index contributed by atoms with van der Waals surface area (Å²) in [4.78, 5) is 21.5. The van der Waals surface area contributed by atoms with Gasteiger partial charge in [-0.15, -0.1) is 0 Å². The first-order valence-corrected chi connectivity index (χ1v) is 6.36. The Bertz CT molecular complexity index is 674. The lowest BCUT2D eigenvalue weighted by molar-refractivity contribution is -0.385. The van der Waals surface area contributed by atoms with Gasteiger partial charge in [0.05, 0.1) is 11.5 Å². The van der Waals surface area contributed by atoms with Gasteiger partial charge in [-0.1, -0.05) is 6.07 Å². The molecule has 0 atom stereocenters. The maximum absolute atomic E-state index is 12.9. The second-order valence-corrected chi connectivity index (χ2v) is 4.31. The fraction of sp³-hybridized carbons (Fsp3) is 0.231. The van der Waals surface area contributed by atoms with Crippen molar-refractivity contribution in [3.8, 4) is 5.75 Å². The SMILES string of the molecule is O=C(Cn1cc([N+](=O)[O-])cn1)NCCOc1cccc(F)c1. The zero-order chi connectivity index (χ0) is 15.9. The van der Waals surface area contributed by atoms with Crippen molar-refractivity contribution in [1.29, 1.82) is 0 Å². The van der Waals surface area contributed by atoms with Crippen molar-refractivity contribution in [1.82, 2.24) is 15.1 Å². The molecular formula is C13H13FN4O4. The number of nitrogens with one attached hydrogen (secondary N) is 1. The third kappa shape index (κ3) is 4.54. The Labute approximate surface area is 124 Å². The zero-order valence-corrected chi connectivity index (χ0v) is 11.4. The molecule has 1 aromatic carbocycles. The van der Waals surface area contributed by atoms with Crippen LogP contribution < -0.4 is 10.1 Å². The second kappa shape index (κ2) is 7.16. The topological polar surface area (TPSA) is 99.3 Å². The molecule has 0 aliphatic carbocycles. The van der Waals surface area contributed by atoms with E-state index in [4.69, 9.17) is 4.74 Å². The molecule has 1 aromatic heterocycles. The Hall–Kier alpha value is -2.97. The van der Waals surface area contributed by atoms with Crippen molar-refractivity contribution >= 4 is 11.6 Å². The molecule has 2 aromatic rings. The number of ether oxygens (including phenoxy) is 1. The maximum atomic E-state index is 12.9. The summed E-state index contributed by atoms with van der Waals surface area (Å²) in [5, 5.41) is 16.7. The minimum Gasteiger partial charge on any atom is -0.492 e. The summed E-state index contributed by atoms with van der Waals surface area (Å²) in [6.45, 7) is 0.265. The van der Waals surface area contributed by atoms with E-state index in [0.717, 1.165) is 6.20 Å². The maximum Gasteiger partial charge on any atom is 0.307 e. The highest BCUT2D eigenvalue weighted by Gasteiger charge is 2.10. The van der Waals surface area contributed by atoms with Crippen LogP contribution in [-0.4, -0.2) is 33.8 Å². The van der Waals surface area contributed by atoms with Gasteiger partial charge in [-0.05, 0) is 12.1 Å². The van der Waals surface area contributed by atoms with Crippen LogP contribution in [0.15, 0.2) is 36.7 Å². The number of halogens is 1. The van der Waals surface area contributed by atoms with E-state index in [9.17, 15) is 19.3 Å². The molecule has 2 rings (SSSR count). The van der Waals surface area contributed by atoms with Crippen LogP contribution in [0.5, 0.6) is 5.75 Å². The zero-order valence-electron chi connectivity index (χ0n) is 11.4. The Morgan fingerprint density at radius 3 is 3.00 bits per heavy atom. The molecule has 0 saturated carbocycles. The van der Waals surface area contributed by atoms with E-state index in [0.29, 0.717) is 5.75 Å². The number of benzene rings is 1. The molecule has 0 fully saturated rings. The quantitative estimate of drug-likeness (QED) is 0.469. The van der Waals surface area contributed by atoms with E-state index >= 15 is 0 Å². The summed E-state index contributed by atoms with van der Waals surface area (Å²) in [6, 6.07) is 5.67. The van der Waals surface area contributed by atoms with E-state index in [1.54, 1.807) is 6.07 Å². The molecule has 0 spiro atoms. The van der Waals surface area contributed by atoms with Crippen LogP contribution in [0.2, 0.25) is 0 Å². The Morgan fingerprint density at radius 1 is 1.50 bits per heavy atom. The average molecular weight is 308 g/mol. The fourth-order valence-electron chi connectivity index (χ4n) is 1.65. The van der Waals surface area contributed by atoms with Gasteiger partial charge in [0.25, 0.3) is 0 Å². The predicted molar refractivity (Wildman–Crippen MR) is 73.8 cm³/mol. The van der Waals surface area contributed by atoms with Crippen LogP contribution in [0.4, 0.5) is 10.1 Å². The lowest BCUT2D eigenvalue weighted by Gasteiger charge is -2.07. The number of aromatic nitrogens is 2. The predicted octanol–water partition coefficient (Wildman–Crippen LogP) is 1.13. The molecule has 1 amide bonds. The van der Waals surface area contributed by atoms with Crippen LogP contribution in [0.1, 0.15) is 0 Å². The monoisotopic (exact) mass is 308 g/mol. The summed E-state index contributed by atoms with van der Waals surface area (Å²) in [5.41, 5.74) is -0.178. The molecule has 1 N–H and O–H groups in total. The van der Waals surface area contributed by atoms with Crippen molar-refractivity contribution in [3.63, 3.8) is 0 Å². The number of rotatable bonds is 7. The van der Waals surface area contributed by atoms with Gasteiger partial charge in [-0.25, -0.2) is 4.39 Å². The lowest BCUT2D eigenvalue weighted by Crippen LogP contribution is -2.31. The van der Waals surface area contributed by atoms with E-state index in [1.165, 1.54) is 29.1 Å². The largest absolute Gasteiger partial charge is 0.492 e. The van der Waals surface area contributed by atoms with Gasteiger partial charge in [-0.2, -0.15) is 5.10 Å². The molecule has 0 unspecified atom stereocenters. The standard InChI is InChI=1S/C13H13FN4O4/c14-10-2-1-3-12(6-10)22-5-4-15-13(19)9-17-8-11(7-16-17)18(20)21/h1-3,6-8H,4-5,9H2,(H,15,19). The highest BCUT2D eigenvalue weighted by molar-refractivity contribution is 5.75. The first-order chi connectivity index (χ1) is 10.5. The Morgan fingerprint density at radius 2 is 2.32 bits per heavy atom. The molecule has 1 heterocycles. The highest BCUT2D eigenvalue weighted by atomic mass is 19.1. The van der Waals surface area contributed by atoms with Crippen molar-refractivity contribution in [2.45, 2.75) is 6.54 Å². The molecule has 0 aliphatic rings. The van der Waals surface area contributed by atoms with Crippen molar-refractivity contribution in [2.75, 3.05) is 13.2 Å². The van der Waals surface area contributed by atoms with Gasteiger partial charge >= 0.3 is 5.69 Å². The fourth-order valence-corrected chi connectivity index (χ4v) is 1.65. The summed E-state index contributed by atoms with van der Waals surface area (Å²) < 4.78 is 19.3. The number of nitrogens with zero attached hydrogens (tertiary/aromatic N) is 3. The molecule has 0 bridgehead atoms. The first kappa shape index (κ1) is 15.4.